The predicted octanol–water partition coefficient (Wildman–Crippen LogP) is 2.06. The summed E-state index contributed by atoms with van der Waals surface area (Å²) in [6.07, 6.45) is -3.92. The topological polar surface area (TPSA) is 63.4 Å². The summed E-state index contributed by atoms with van der Waals surface area (Å²) in [5, 5.41) is 0. The molecule has 0 aromatic heterocycles. The lowest BCUT2D eigenvalue weighted by molar-refractivity contribution is -0.137. The van der Waals surface area contributed by atoms with Crippen molar-refractivity contribution in [1.82, 2.24) is 4.31 Å². The highest BCUT2D eigenvalue weighted by Gasteiger charge is 2.39. The van der Waals surface area contributed by atoms with E-state index in [-0.39, 0.29) is 29.9 Å². The number of halogens is 3. The molecule has 1 aromatic carbocycles. The van der Waals surface area contributed by atoms with Crippen molar-refractivity contribution >= 4 is 10.0 Å². The van der Waals surface area contributed by atoms with Crippen LogP contribution in [-0.2, 0) is 16.2 Å². The molecule has 0 bridgehead atoms. The van der Waals surface area contributed by atoms with Crippen LogP contribution in [0.2, 0.25) is 0 Å². The zero-order valence-corrected chi connectivity index (χ0v) is 12.3. The van der Waals surface area contributed by atoms with Gasteiger partial charge in [0.25, 0.3) is 0 Å². The fourth-order valence-electron chi connectivity index (χ4n) is 2.59. The summed E-state index contributed by atoms with van der Waals surface area (Å²) in [5.74, 6) is 0.0931. The van der Waals surface area contributed by atoms with E-state index in [1.165, 1.54) is 10.4 Å². The average Bonchev–Trinajstić information content (AvgIpc) is 2.79. The number of nitrogens with zero attached hydrogens (tertiary/aromatic N) is 1. The third-order valence-corrected chi connectivity index (χ3v) is 5.76. The van der Waals surface area contributed by atoms with Crippen LogP contribution in [0, 0.1) is 5.92 Å². The minimum atomic E-state index is -4.57. The van der Waals surface area contributed by atoms with Crippen LogP contribution in [0.1, 0.15) is 18.9 Å². The summed E-state index contributed by atoms with van der Waals surface area (Å²) in [6, 6.07) is 3.44. The highest BCUT2D eigenvalue weighted by molar-refractivity contribution is 7.89. The Bertz CT molecular complexity index is 616. The van der Waals surface area contributed by atoms with Gasteiger partial charge in [0, 0.05) is 19.1 Å². The molecule has 2 N–H and O–H groups in total. The van der Waals surface area contributed by atoms with Crippen molar-refractivity contribution in [3.63, 3.8) is 0 Å². The molecular weight excluding hydrogens is 305 g/mol. The minimum absolute atomic E-state index is 0.0931. The summed E-state index contributed by atoms with van der Waals surface area (Å²) in [7, 11) is -3.96. The van der Waals surface area contributed by atoms with Gasteiger partial charge in [0.1, 0.15) is 0 Å². The minimum Gasteiger partial charge on any atom is -0.329 e. The monoisotopic (exact) mass is 322 g/mol. The van der Waals surface area contributed by atoms with E-state index in [9.17, 15) is 21.6 Å². The maximum absolute atomic E-state index is 12.7. The number of sulfonamides is 1. The molecule has 1 saturated heterocycles. The van der Waals surface area contributed by atoms with E-state index in [0.717, 1.165) is 12.1 Å². The molecule has 1 heterocycles. The lowest BCUT2D eigenvalue weighted by Crippen LogP contribution is -2.42. The molecule has 118 valence electrons. The van der Waals surface area contributed by atoms with Crippen LogP contribution in [0.4, 0.5) is 13.2 Å². The van der Waals surface area contributed by atoms with E-state index >= 15 is 0 Å². The second-order valence-corrected chi connectivity index (χ2v) is 7.10. The van der Waals surface area contributed by atoms with Gasteiger partial charge in [-0.1, -0.05) is 13.0 Å². The molecule has 2 unspecified atom stereocenters. The van der Waals surface area contributed by atoms with Gasteiger partial charge in [-0.2, -0.15) is 17.5 Å². The fraction of sp³-hybridized carbons (Fsp3) is 0.538. The van der Waals surface area contributed by atoms with Gasteiger partial charge in [0.2, 0.25) is 10.0 Å². The van der Waals surface area contributed by atoms with E-state index in [2.05, 4.69) is 0 Å². The van der Waals surface area contributed by atoms with Crippen LogP contribution >= 0.6 is 0 Å². The van der Waals surface area contributed by atoms with Crippen molar-refractivity contribution in [2.45, 2.75) is 30.5 Å². The maximum atomic E-state index is 12.7. The Labute approximate surface area is 121 Å². The maximum Gasteiger partial charge on any atom is 0.416 e. The first-order valence-electron chi connectivity index (χ1n) is 6.57. The normalized spacial score (nSPS) is 24.4. The standard InChI is InChI=1S/C13H17F3N2O2S/c1-9-5-6-18(12(9)8-17)21(19,20)11-4-2-3-10(7-11)13(14,15)16/h2-4,7,9,12H,5-6,8,17H2,1H3. The molecular formula is C13H17F3N2O2S. The molecule has 0 saturated carbocycles. The van der Waals surface area contributed by atoms with E-state index in [0.29, 0.717) is 12.5 Å². The third-order valence-electron chi connectivity index (χ3n) is 3.84. The number of alkyl halides is 3. The average molecular weight is 322 g/mol. The molecule has 2 rings (SSSR count). The van der Waals surface area contributed by atoms with Crippen molar-refractivity contribution in [2.24, 2.45) is 11.7 Å². The number of hydrogen-bond donors (Lipinski definition) is 1. The summed E-state index contributed by atoms with van der Waals surface area (Å²) in [4.78, 5) is -0.343. The molecule has 1 aliphatic heterocycles. The van der Waals surface area contributed by atoms with Crippen molar-refractivity contribution in [3.05, 3.63) is 29.8 Å². The Kier molecular flexibility index (Phi) is 4.32. The quantitative estimate of drug-likeness (QED) is 0.926. The first-order valence-corrected chi connectivity index (χ1v) is 8.01. The van der Waals surface area contributed by atoms with Gasteiger partial charge in [0.15, 0.2) is 0 Å². The van der Waals surface area contributed by atoms with Crippen molar-refractivity contribution < 1.29 is 21.6 Å². The summed E-state index contributed by atoms with van der Waals surface area (Å²) >= 11 is 0. The first kappa shape index (κ1) is 16.3. The molecule has 0 aliphatic carbocycles. The van der Waals surface area contributed by atoms with Crippen LogP contribution in [0.3, 0.4) is 0 Å². The predicted molar refractivity (Wildman–Crippen MR) is 72.0 cm³/mol. The summed E-state index contributed by atoms with van der Waals surface area (Å²) < 4.78 is 64.4. The molecule has 4 nitrogen and oxygen atoms in total. The van der Waals surface area contributed by atoms with Crippen LogP contribution in [-0.4, -0.2) is 31.9 Å². The molecule has 1 fully saturated rings. The van der Waals surface area contributed by atoms with Gasteiger partial charge in [-0.05, 0) is 30.5 Å². The number of rotatable bonds is 3. The number of benzene rings is 1. The lowest BCUT2D eigenvalue weighted by Gasteiger charge is -2.25. The Hall–Kier alpha value is -1.12. The number of hydrogen-bond acceptors (Lipinski definition) is 3. The van der Waals surface area contributed by atoms with E-state index in [4.69, 9.17) is 5.73 Å². The highest BCUT2D eigenvalue weighted by Crippen LogP contribution is 2.33. The summed E-state index contributed by atoms with van der Waals surface area (Å²) in [5.41, 5.74) is 4.63. The van der Waals surface area contributed by atoms with Gasteiger partial charge < -0.3 is 5.73 Å². The molecule has 0 radical (unpaired) electrons. The van der Waals surface area contributed by atoms with E-state index < -0.39 is 21.8 Å². The lowest BCUT2D eigenvalue weighted by atomic mass is 10.0. The molecule has 0 amide bonds. The molecule has 21 heavy (non-hydrogen) atoms. The zero-order chi connectivity index (χ0) is 15.8. The van der Waals surface area contributed by atoms with Crippen LogP contribution < -0.4 is 5.73 Å². The van der Waals surface area contributed by atoms with Gasteiger partial charge in [-0.25, -0.2) is 8.42 Å². The van der Waals surface area contributed by atoms with Gasteiger partial charge >= 0.3 is 6.18 Å². The summed E-state index contributed by atoms with van der Waals surface area (Å²) in [6.45, 7) is 2.32. The van der Waals surface area contributed by atoms with E-state index in [1.807, 2.05) is 6.92 Å². The highest BCUT2D eigenvalue weighted by atomic mass is 32.2. The van der Waals surface area contributed by atoms with Gasteiger partial charge in [0.05, 0.1) is 10.5 Å². The molecule has 8 heteroatoms. The molecule has 1 aromatic rings. The first-order chi connectivity index (χ1) is 9.67. The van der Waals surface area contributed by atoms with Crippen LogP contribution in [0.25, 0.3) is 0 Å². The largest absolute Gasteiger partial charge is 0.416 e. The van der Waals surface area contributed by atoms with Crippen LogP contribution in [0.15, 0.2) is 29.2 Å². The van der Waals surface area contributed by atoms with Crippen LogP contribution in [0.5, 0.6) is 0 Å². The van der Waals surface area contributed by atoms with Crippen molar-refractivity contribution in [1.29, 1.82) is 0 Å². The third kappa shape index (κ3) is 3.07. The Morgan fingerprint density at radius 1 is 1.38 bits per heavy atom. The second-order valence-electron chi connectivity index (χ2n) is 5.21. The molecule has 2 atom stereocenters. The fourth-order valence-corrected chi connectivity index (χ4v) is 4.38. The Morgan fingerprint density at radius 3 is 2.62 bits per heavy atom. The van der Waals surface area contributed by atoms with Gasteiger partial charge in [-0.15, -0.1) is 0 Å². The van der Waals surface area contributed by atoms with Crippen molar-refractivity contribution in [2.75, 3.05) is 13.1 Å². The van der Waals surface area contributed by atoms with Crippen molar-refractivity contribution in [3.8, 4) is 0 Å². The Morgan fingerprint density at radius 2 is 2.05 bits per heavy atom. The zero-order valence-electron chi connectivity index (χ0n) is 11.5. The number of nitrogens with two attached hydrogens (primary N) is 1. The van der Waals surface area contributed by atoms with E-state index in [1.54, 1.807) is 0 Å². The smallest absolute Gasteiger partial charge is 0.329 e. The van der Waals surface area contributed by atoms with Gasteiger partial charge in [-0.3, -0.25) is 0 Å². The Balaban J connectivity index is 2.41. The molecule has 0 spiro atoms. The second kappa shape index (κ2) is 5.58. The SMILES string of the molecule is CC1CCN(S(=O)(=O)c2cccc(C(F)(F)F)c2)C1CN. The molecule has 1 aliphatic rings.